The van der Waals surface area contributed by atoms with E-state index in [1.807, 2.05) is 12.3 Å². The van der Waals surface area contributed by atoms with Crippen LogP contribution in [0.3, 0.4) is 0 Å². The van der Waals surface area contributed by atoms with Gasteiger partial charge in [-0.15, -0.1) is 0 Å². The maximum atomic E-state index is 4.73. The van der Waals surface area contributed by atoms with Crippen molar-refractivity contribution in [3.05, 3.63) is 66.0 Å². The Morgan fingerprint density at radius 1 is 1.23 bits per heavy atom. The SMILES string of the molecule is C1=CC2NN=C(/C=C3\CCCN=C3c3cccnc3)C2C=C1. The Morgan fingerprint density at radius 2 is 2.18 bits per heavy atom. The number of aliphatic imine (C=N–C) groups is 1. The van der Waals surface area contributed by atoms with Crippen LogP contribution in [0.1, 0.15) is 18.4 Å². The minimum absolute atomic E-state index is 0.291. The molecule has 1 N–H and O–H groups in total. The Bertz CT molecular complexity index is 710. The van der Waals surface area contributed by atoms with E-state index in [9.17, 15) is 0 Å². The van der Waals surface area contributed by atoms with Gasteiger partial charge >= 0.3 is 0 Å². The van der Waals surface area contributed by atoms with Gasteiger partial charge in [-0.25, -0.2) is 0 Å². The van der Waals surface area contributed by atoms with E-state index in [-0.39, 0.29) is 0 Å². The summed E-state index contributed by atoms with van der Waals surface area (Å²) in [5.74, 6) is 0.328. The van der Waals surface area contributed by atoms with E-state index in [0.717, 1.165) is 36.4 Å². The van der Waals surface area contributed by atoms with Gasteiger partial charge in [-0.2, -0.15) is 5.10 Å². The summed E-state index contributed by atoms with van der Waals surface area (Å²) in [6, 6.07) is 4.33. The van der Waals surface area contributed by atoms with Crippen molar-refractivity contribution < 1.29 is 0 Å². The van der Waals surface area contributed by atoms with Crippen LogP contribution in [0.5, 0.6) is 0 Å². The zero-order valence-electron chi connectivity index (χ0n) is 12.3. The fourth-order valence-electron chi connectivity index (χ4n) is 3.14. The third-order valence-corrected chi connectivity index (χ3v) is 4.25. The summed E-state index contributed by atoms with van der Waals surface area (Å²) in [7, 11) is 0. The second kappa shape index (κ2) is 5.72. The second-order valence-electron chi connectivity index (χ2n) is 5.73. The Kier molecular flexibility index (Phi) is 3.43. The molecule has 4 rings (SSSR count). The number of hydrogen-bond acceptors (Lipinski definition) is 4. The number of fused-ring (bicyclic) bond motifs is 1. The zero-order chi connectivity index (χ0) is 14.8. The van der Waals surface area contributed by atoms with Crippen LogP contribution in [0.15, 0.2) is 70.6 Å². The highest BCUT2D eigenvalue weighted by Gasteiger charge is 2.28. The Hall–Kier alpha value is -2.49. The first-order chi connectivity index (χ1) is 10.9. The number of rotatable bonds is 2. The summed E-state index contributed by atoms with van der Waals surface area (Å²) in [6.07, 6.45) is 16.6. The van der Waals surface area contributed by atoms with Crippen LogP contribution in [-0.4, -0.2) is 29.0 Å². The summed E-state index contributed by atoms with van der Waals surface area (Å²) in [6.45, 7) is 0.890. The molecule has 4 nitrogen and oxygen atoms in total. The number of pyridine rings is 1. The molecule has 1 aromatic heterocycles. The predicted molar refractivity (Wildman–Crippen MR) is 89.1 cm³/mol. The van der Waals surface area contributed by atoms with E-state index < -0.39 is 0 Å². The lowest BCUT2D eigenvalue weighted by Crippen LogP contribution is -2.27. The highest BCUT2D eigenvalue weighted by atomic mass is 15.3. The molecule has 0 saturated heterocycles. The Morgan fingerprint density at radius 3 is 3.09 bits per heavy atom. The molecule has 22 heavy (non-hydrogen) atoms. The topological polar surface area (TPSA) is 49.6 Å². The second-order valence-corrected chi connectivity index (χ2v) is 5.73. The minimum atomic E-state index is 0.291. The quantitative estimate of drug-likeness (QED) is 0.910. The third-order valence-electron chi connectivity index (χ3n) is 4.25. The average Bonchev–Trinajstić information content (AvgIpc) is 2.99. The van der Waals surface area contributed by atoms with E-state index in [0.29, 0.717) is 12.0 Å². The van der Waals surface area contributed by atoms with Crippen molar-refractivity contribution in [2.24, 2.45) is 16.0 Å². The van der Waals surface area contributed by atoms with Crippen LogP contribution in [0, 0.1) is 5.92 Å². The molecule has 0 aromatic carbocycles. The molecule has 0 fully saturated rings. The van der Waals surface area contributed by atoms with Gasteiger partial charge in [0, 0.05) is 30.4 Å². The highest BCUT2D eigenvalue weighted by Crippen LogP contribution is 2.24. The molecule has 0 radical (unpaired) electrons. The van der Waals surface area contributed by atoms with Gasteiger partial charge in [-0.1, -0.05) is 24.3 Å². The number of allylic oxidation sites excluding steroid dienone is 4. The van der Waals surface area contributed by atoms with Gasteiger partial charge in [0.2, 0.25) is 0 Å². The zero-order valence-corrected chi connectivity index (χ0v) is 12.3. The van der Waals surface area contributed by atoms with Crippen molar-refractivity contribution in [2.45, 2.75) is 18.9 Å². The first-order valence-corrected chi connectivity index (χ1v) is 7.76. The van der Waals surface area contributed by atoms with Crippen molar-refractivity contribution in [3.63, 3.8) is 0 Å². The lowest BCUT2D eigenvalue weighted by atomic mass is 9.88. The molecular formula is C18H18N4. The summed E-state index contributed by atoms with van der Waals surface area (Å²) in [5, 5.41) is 4.52. The van der Waals surface area contributed by atoms with Gasteiger partial charge < -0.3 is 5.43 Å². The summed E-state index contributed by atoms with van der Waals surface area (Å²) < 4.78 is 0. The molecule has 0 amide bonds. The van der Waals surface area contributed by atoms with Gasteiger partial charge in [0.25, 0.3) is 0 Å². The van der Waals surface area contributed by atoms with Crippen LogP contribution in [0.25, 0.3) is 0 Å². The molecule has 2 aliphatic heterocycles. The lowest BCUT2D eigenvalue weighted by Gasteiger charge is -2.18. The highest BCUT2D eigenvalue weighted by molar-refractivity contribution is 6.16. The predicted octanol–water partition coefficient (Wildman–Crippen LogP) is 2.66. The van der Waals surface area contributed by atoms with E-state index in [1.54, 1.807) is 6.20 Å². The summed E-state index contributed by atoms with van der Waals surface area (Å²) >= 11 is 0. The molecular weight excluding hydrogens is 272 g/mol. The van der Waals surface area contributed by atoms with Crippen LogP contribution in [0.2, 0.25) is 0 Å². The average molecular weight is 290 g/mol. The van der Waals surface area contributed by atoms with Gasteiger partial charge in [-0.05, 0) is 36.6 Å². The third kappa shape index (κ3) is 2.41. The first kappa shape index (κ1) is 13.2. The van der Waals surface area contributed by atoms with E-state index in [1.165, 1.54) is 5.57 Å². The molecule has 1 aliphatic carbocycles. The number of aromatic nitrogens is 1. The van der Waals surface area contributed by atoms with Gasteiger partial charge in [0.1, 0.15) is 0 Å². The molecule has 0 bridgehead atoms. The van der Waals surface area contributed by atoms with E-state index >= 15 is 0 Å². The molecule has 4 heteroatoms. The fourth-order valence-corrected chi connectivity index (χ4v) is 3.14. The molecule has 1 aromatic rings. The van der Waals surface area contributed by atoms with Crippen molar-refractivity contribution in [1.29, 1.82) is 0 Å². The fraction of sp³-hybridized carbons (Fsp3) is 0.278. The molecule has 2 unspecified atom stereocenters. The monoisotopic (exact) mass is 290 g/mol. The molecule has 3 aliphatic rings. The summed E-state index contributed by atoms with van der Waals surface area (Å²) in [5.41, 5.74) is 7.73. The van der Waals surface area contributed by atoms with Crippen LogP contribution in [-0.2, 0) is 0 Å². The smallest absolute Gasteiger partial charge is 0.0742 e. The molecule has 3 heterocycles. The van der Waals surface area contributed by atoms with Crippen LogP contribution >= 0.6 is 0 Å². The maximum Gasteiger partial charge on any atom is 0.0742 e. The van der Waals surface area contributed by atoms with Crippen molar-refractivity contribution >= 4 is 11.4 Å². The van der Waals surface area contributed by atoms with Crippen LogP contribution < -0.4 is 5.43 Å². The molecule has 2 atom stereocenters. The van der Waals surface area contributed by atoms with Gasteiger partial charge in [0.15, 0.2) is 0 Å². The van der Waals surface area contributed by atoms with Gasteiger partial charge in [-0.3, -0.25) is 9.98 Å². The number of nitrogens with one attached hydrogen (secondary N) is 1. The Labute approximate surface area is 130 Å². The van der Waals surface area contributed by atoms with Crippen molar-refractivity contribution in [2.75, 3.05) is 6.54 Å². The van der Waals surface area contributed by atoms with E-state index in [2.05, 4.69) is 52.0 Å². The van der Waals surface area contributed by atoms with Crippen molar-refractivity contribution in [1.82, 2.24) is 10.4 Å². The molecule has 0 spiro atoms. The summed E-state index contributed by atoms with van der Waals surface area (Å²) in [4.78, 5) is 8.95. The Balaban J connectivity index is 1.66. The molecule has 110 valence electrons. The maximum absolute atomic E-state index is 4.73. The minimum Gasteiger partial charge on any atom is -0.302 e. The molecule has 0 saturated carbocycles. The normalized spacial score (nSPS) is 28.1. The number of nitrogens with zero attached hydrogens (tertiary/aromatic N) is 3. The standard InChI is InChI=1S/C18H18N4/c1-2-8-16-15(7-1)17(22-21-16)11-13-5-4-10-20-18(13)14-6-3-9-19-12-14/h1-3,6-9,11-12,15-16,21H,4-5,10H2/b13-11+. The number of hydrogen-bond donors (Lipinski definition) is 1. The van der Waals surface area contributed by atoms with Gasteiger partial charge in [0.05, 0.1) is 17.5 Å². The van der Waals surface area contributed by atoms with Crippen molar-refractivity contribution in [3.8, 4) is 0 Å². The van der Waals surface area contributed by atoms with E-state index in [4.69, 9.17) is 4.99 Å². The lowest BCUT2D eigenvalue weighted by molar-refractivity contribution is 0.621. The van der Waals surface area contributed by atoms with Crippen LogP contribution in [0.4, 0.5) is 0 Å². The number of hydrazone groups is 1. The first-order valence-electron chi connectivity index (χ1n) is 7.76. The largest absolute Gasteiger partial charge is 0.302 e.